The van der Waals surface area contributed by atoms with Gasteiger partial charge in [-0.15, -0.1) is 0 Å². The maximum absolute atomic E-state index is 12.3. The summed E-state index contributed by atoms with van der Waals surface area (Å²) in [7, 11) is 0. The summed E-state index contributed by atoms with van der Waals surface area (Å²) in [4.78, 5) is 24.4. The van der Waals surface area contributed by atoms with Gasteiger partial charge < -0.3 is 14.6 Å². The molecule has 0 aromatic rings. The zero-order valence-corrected chi connectivity index (χ0v) is 43.1. The van der Waals surface area contributed by atoms with E-state index in [-0.39, 0.29) is 25.2 Å². The summed E-state index contributed by atoms with van der Waals surface area (Å²) < 4.78 is 10.7. The van der Waals surface area contributed by atoms with Gasteiger partial charge >= 0.3 is 11.9 Å². The summed E-state index contributed by atoms with van der Waals surface area (Å²) in [6.45, 7) is 4.16. The Kier molecular flexibility index (Phi) is 53.8. The van der Waals surface area contributed by atoms with Crippen molar-refractivity contribution in [2.75, 3.05) is 13.2 Å². The normalized spacial score (nSPS) is 12.4. The van der Waals surface area contributed by atoms with E-state index < -0.39 is 6.10 Å². The maximum Gasteiger partial charge on any atom is 0.306 e. The lowest BCUT2D eigenvalue weighted by Crippen LogP contribution is -2.28. The molecular weight excluding hydrogens is 789 g/mol. The molecule has 0 heterocycles. The van der Waals surface area contributed by atoms with E-state index in [1.807, 2.05) is 0 Å². The number of allylic oxidation sites excluding steroid dienone is 6. The van der Waals surface area contributed by atoms with Gasteiger partial charge in [0.1, 0.15) is 6.61 Å². The molecule has 0 spiro atoms. The molecule has 0 saturated heterocycles. The van der Waals surface area contributed by atoms with Crippen molar-refractivity contribution in [1.29, 1.82) is 0 Å². The Morgan fingerprint density at radius 3 is 0.938 bits per heavy atom. The van der Waals surface area contributed by atoms with Crippen LogP contribution >= 0.6 is 0 Å². The molecule has 64 heavy (non-hydrogen) atoms. The van der Waals surface area contributed by atoms with Gasteiger partial charge in [0, 0.05) is 12.8 Å². The predicted molar refractivity (Wildman–Crippen MR) is 279 cm³/mol. The van der Waals surface area contributed by atoms with Gasteiger partial charge in [0.15, 0.2) is 6.10 Å². The monoisotopic (exact) mass is 899 g/mol. The molecular formula is C59H110O5. The molecule has 1 N–H and O–H groups in total. The molecule has 0 bridgehead atoms. The Morgan fingerprint density at radius 1 is 0.359 bits per heavy atom. The highest BCUT2D eigenvalue weighted by molar-refractivity contribution is 5.70. The number of aliphatic hydroxyl groups is 1. The molecule has 1 atom stereocenters. The highest BCUT2D eigenvalue weighted by atomic mass is 16.6. The van der Waals surface area contributed by atoms with Crippen LogP contribution in [0.3, 0.4) is 0 Å². The summed E-state index contributed by atoms with van der Waals surface area (Å²) in [6, 6.07) is 0. The predicted octanol–water partition coefficient (Wildman–Crippen LogP) is 19.1. The number of unbranched alkanes of at least 4 members (excludes halogenated alkanes) is 39. The van der Waals surface area contributed by atoms with E-state index in [9.17, 15) is 14.7 Å². The van der Waals surface area contributed by atoms with Crippen LogP contribution in [-0.2, 0) is 19.1 Å². The second-order valence-electron chi connectivity index (χ2n) is 19.4. The van der Waals surface area contributed by atoms with Crippen LogP contribution in [-0.4, -0.2) is 36.4 Å². The van der Waals surface area contributed by atoms with Crippen molar-refractivity contribution < 1.29 is 24.2 Å². The number of rotatable bonds is 53. The second kappa shape index (κ2) is 55.4. The molecule has 0 aliphatic rings. The number of esters is 2. The third kappa shape index (κ3) is 52.7. The highest BCUT2D eigenvalue weighted by Crippen LogP contribution is 2.17. The minimum Gasteiger partial charge on any atom is -0.462 e. The van der Waals surface area contributed by atoms with Crippen LogP contribution in [0.4, 0.5) is 0 Å². The third-order valence-electron chi connectivity index (χ3n) is 12.9. The first-order chi connectivity index (χ1) is 31.6. The van der Waals surface area contributed by atoms with Crippen molar-refractivity contribution in [3.8, 4) is 0 Å². The molecule has 0 rings (SSSR count). The van der Waals surface area contributed by atoms with Gasteiger partial charge in [-0.3, -0.25) is 9.59 Å². The summed E-state index contributed by atoms with van der Waals surface area (Å²) in [6.07, 6.45) is 71.4. The van der Waals surface area contributed by atoms with Gasteiger partial charge in [0.05, 0.1) is 6.61 Å². The molecule has 0 saturated carbocycles. The first kappa shape index (κ1) is 62.1. The van der Waals surface area contributed by atoms with E-state index in [4.69, 9.17) is 9.47 Å². The Balaban J connectivity index is 3.38. The molecule has 0 aromatic carbocycles. The van der Waals surface area contributed by atoms with E-state index in [1.54, 1.807) is 0 Å². The first-order valence-electron chi connectivity index (χ1n) is 28.5. The Morgan fingerprint density at radius 2 is 0.625 bits per heavy atom. The van der Waals surface area contributed by atoms with Crippen molar-refractivity contribution in [2.45, 2.75) is 315 Å². The third-order valence-corrected chi connectivity index (χ3v) is 12.9. The number of hydrogen-bond donors (Lipinski definition) is 1. The molecule has 0 aliphatic heterocycles. The number of carbonyl (C=O) groups excluding carboxylic acids is 2. The van der Waals surface area contributed by atoms with E-state index in [1.165, 1.54) is 238 Å². The molecule has 1 unspecified atom stereocenters. The van der Waals surface area contributed by atoms with Crippen molar-refractivity contribution in [1.82, 2.24) is 0 Å². The van der Waals surface area contributed by atoms with Crippen molar-refractivity contribution in [2.24, 2.45) is 0 Å². The van der Waals surface area contributed by atoms with Crippen LogP contribution < -0.4 is 0 Å². The quantitative estimate of drug-likeness (QED) is 0.0374. The molecule has 0 amide bonds. The fourth-order valence-corrected chi connectivity index (χ4v) is 8.62. The SMILES string of the molecule is CCCCCCC/C=C\C/C=C\C/C=C\CCCCCCCCCCCCCCCCCCCCCCCCC(=O)OC(CO)COC(=O)CCCCCCCCCCCCCCC. The van der Waals surface area contributed by atoms with Gasteiger partial charge in [0.25, 0.3) is 0 Å². The van der Waals surface area contributed by atoms with Crippen LogP contribution in [0.2, 0.25) is 0 Å². The van der Waals surface area contributed by atoms with Gasteiger partial charge in [0.2, 0.25) is 0 Å². The molecule has 5 nitrogen and oxygen atoms in total. The lowest BCUT2D eigenvalue weighted by atomic mass is 10.0. The van der Waals surface area contributed by atoms with Gasteiger partial charge in [-0.1, -0.05) is 281 Å². The van der Waals surface area contributed by atoms with Crippen LogP contribution in [0, 0.1) is 0 Å². The van der Waals surface area contributed by atoms with Gasteiger partial charge in [-0.05, 0) is 51.4 Å². The second-order valence-corrected chi connectivity index (χ2v) is 19.4. The molecule has 0 fully saturated rings. The standard InChI is InChI=1S/C59H110O5/c1-3-5-7-9-11-13-15-17-18-19-20-21-22-23-24-25-26-27-28-29-30-31-32-33-34-35-36-37-38-39-40-42-44-46-48-50-52-54-59(62)64-57(55-60)56-63-58(61)53-51-49-47-45-43-41-16-14-12-10-8-6-4-2/h15,17,19-20,22-23,57,60H,3-14,16,18,21,24-56H2,1-2H3/b17-15-,20-19-,23-22-. The summed E-state index contributed by atoms with van der Waals surface area (Å²) >= 11 is 0. The van der Waals surface area contributed by atoms with Crippen molar-refractivity contribution >= 4 is 11.9 Å². The topological polar surface area (TPSA) is 72.8 Å². The van der Waals surface area contributed by atoms with Gasteiger partial charge in [-0.25, -0.2) is 0 Å². The average Bonchev–Trinajstić information content (AvgIpc) is 3.30. The number of hydrogen-bond acceptors (Lipinski definition) is 5. The largest absolute Gasteiger partial charge is 0.462 e. The highest BCUT2D eigenvalue weighted by Gasteiger charge is 2.16. The smallest absolute Gasteiger partial charge is 0.306 e. The Labute approximate surface area is 399 Å². The summed E-state index contributed by atoms with van der Waals surface area (Å²) in [5.74, 6) is -0.573. The average molecular weight is 900 g/mol. The summed E-state index contributed by atoms with van der Waals surface area (Å²) in [5.41, 5.74) is 0. The van der Waals surface area contributed by atoms with E-state index in [0.717, 1.165) is 44.9 Å². The summed E-state index contributed by atoms with van der Waals surface area (Å²) in [5, 5.41) is 9.62. The minimum absolute atomic E-state index is 0.0592. The molecule has 376 valence electrons. The fraction of sp³-hybridized carbons (Fsp3) is 0.864. The number of aliphatic hydroxyl groups excluding tert-OH is 1. The number of carbonyl (C=O) groups is 2. The molecule has 0 aromatic heterocycles. The molecule has 0 radical (unpaired) electrons. The van der Waals surface area contributed by atoms with Crippen LogP contribution in [0.25, 0.3) is 0 Å². The van der Waals surface area contributed by atoms with E-state index in [0.29, 0.717) is 12.8 Å². The van der Waals surface area contributed by atoms with Crippen LogP contribution in [0.5, 0.6) is 0 Å². The Hall–Kier alpha value is -1.88. The van der Waals surface area contributed by atoms with Gasteiger partial charge in [-0.2, -0.15) is 0 Å². The lowest BCUT2D eigenvalue weighted by Gasteiger charge is -2.15. The Bertz CT molecular complexity index is 1020. The molecule has 5 heteroatoms. The maximum atomic E-state index is 12.3. The van der Waals surface area contributed by atoms with E-state index in [2.05, 4.69) is 50.3 Å². The minimum atomic E-state index is -0.766. The van der Waals surface area contributed by atoms with Crippen LogP contribution in [0.1, 0.15) is 309 Å². The first-order valence-corrected chi connectivity index (χ1v) is 28.5. The van der Waals surface area contributed by atoms with Crippen LogP contribution in [0.15, 0.2) is 36.5 Å². The van der Waals surface area contributed by atoms with Crippen molar-refractivity contribution in [3.05, 3.63) is 36.5 Å². The molecule has 0 aliphatic carbocycles. The fourth-order valence-electron chi connectivity index (χ4n) is 8.62. The van der Waals surface area contributed by atoms with Crippen molar-refractivity contribution in [3.63, 3.8) is 0 Å². The number of ether oxygens (including phenoxy) is 2. The zero-order valence-electron chi connectivity index (χ0n) is 43.1. The zero-order chi connectivity index (χ0) is 46.3. The lowest BCUT2D eigenvalue weighted by molar-refractivity contribution is -0.161. The van der Waals surface area contributed by atoms with E-state index >= 15 is 0 Å².